The van der Waals surface area contributed by atoms with Crippen molar-refractivity contribution < 1.29 is 4.79 Å². The van der Waals surface area contributed by atoms with E-state index < -0.39 is 0 Å². The van der Waals surface area contributed by atoms with Crippen molar-refractivity contribution in [1.82, 2.24) is 10.2 Å². The molecule has 2 fully saturated rings. The predicted octanol–water partition coefficient (Wildman–Crippen LogP) is 1.98. The summed E-state index contributed by atoms with van der Waals surface area (Å²) in [6, 6.07) is 0.0989. The Labute approximate surface area is 98.6 Å². The minimum absolute atomic E-state index is 0.0989. The fourth-order valence-corrected chi connectivity index (χ4v) is 2.55. The van der Waals surface area contributed by atoms with Crippen LogP contribution in [0.15, 0.2) is 0 Å². The summed E-state index contributed by atoms with van der Waals surface area (Å²) in [4.78, 5) is 14.1. The van der Waals surface area contributed by atoms with Crippen LogP contribution in [0.5, 0.6) is 0 Å². The topological polar surface area (TPSA) is 32.3 Å². The standard InChI is InChI=1S/C13H24N2O/c1-4-5-6-11-12(16)15(9-14-11)8-10-7-13(10,2)3/h10-11,14H,4-9H2,1-3H3. The molecule has 2 aliphatic rings. The van der Waals surface area contributed by atoms with Gasteiger partial charge in [0.25, 0.3) is 0 Å². The second-order valence-electron chi connectivity index (χ2n) is 6.01. The average molecular weight is 224 g/mol. The number of amides is 1. The number of unbranched alkanes of at least 4 members (excludes halogenated alkanes) is 1. The third-order valence-corrected chi connectivity index (χ3v) is 4.14. The van der Waals surface area contributed by atoms with Gasteiger partial charge in [-0.2, -0.15) is 0 Å². The lowest BCUT2D eigenvalue weighted by Gasteiger charge is -2.16. The van der Waals surface area contributed by atoms with E-state index in [1.807, 2.05) is 4.90 Å². The molecule has 1 aliphatic carbocycles. The van der Waals surface area contributed by atoms with Crippen LogP contribution in [-0.4, -0.2) is 30.1 Å². The van der Waals surface area contributed by atoms with Gasteiger partial charge in [0, 0.05) is 6.54 Å². The summed E-state index contributed by atoms with van der Waals surface area (Å²) in [5, 5.41) is 3.33. The van der Waals surface area contributed by atoms with Crippen LogP contribution in [0, 0.1) is 11.3 Å². The van der Waals surface area contributed by atoms with Crippen molar-refractivity contribution in [3.63, 3.8) is 0 Å². The summed E-state index contributed by atoms with van der Waals surface area (Å²) in [5.74, 6) is 1.05. The molecule has 2 unspecified atom stereocenters. The Morgan fingerprint density at radius 1 is 1.50 bits per heavy atom. The molecule has 0 spiro atoms. The first kappa shape index (κ1) is 11.9. The molecule has 1 saturated heterocycles. The van der Waals surface area contributed by atoms with Gasteiger partial charge in [-0.05, 0) is 24.2 Å². The van der Waals surface area contributed by atoms with Crippen LogP contribution in [0.2, 0.25) is 0 Å². The number of rotatable bonds is 5. The van der Waals surface area contributed by atoms with E-state index in [-0.39, 0.29) is 6.04 Å². The van der Waals surface area contributed by atoms with Gasteiger partial charge < -0.3 is 4.90 Å². The van der Waals surface area contributed by atoms with E-state index in [9.17, 15) is 4.79 Å². The molecular weight excluding hydrogens is 200 g/mol. The van der Waals surface area contributed by atoms with Crippen LogP contribution in [-0.2, 0) is 4.79 Å². The van der Waals surface area contributed by atoms with Crippen molar-refractivity contribution in [3.8, 4) is 0 Å². The van der Waals surface area contributed by atoms with Crippen molar-refractivity contribution >= 4 is 5.91 Å². The molecule has 3 nitrogen and oxygen atoms in total. The number of carbonyl (C=O) groups excluding carboxylic acids is 1. The molecule has 1 amide bonds. The lowest BCUT2D eigenvalue weighted by atomic mass is 10.1. The number of hydrogen-bond acceptors (Lipinski definition) is 2. The molecule has 0 radical (unpaired) electrons. The van der Waals surface area contributed by atoms with Crippen LogP contribution in [0.25, 0.3) is 0 Å². The molecule has 1 saturated carbocycles. The second kappa shape index (κ2) is 4.36. The van der Waals surface area contributed by atoms with E-state index in [1.165, 1.54) is 12.8 Å². The first-order valence-corrected chi connectivity index (χ1v) is 6.57. The quantitative estimate of drug-likeness (QED) is 0.774. The minimum atomic E-state index is 0.0989. The summed E-state index contributed by atoms with van der Waals surface area (Å²) >= 11 is 0. The molecule has 1 aliphatic heterocycles. The zero-order valence-corrected chi connectivity index (χ0v) is 10.8. The Morgan fingerprint density at radius 2 is 2.19 bits per heavy atom. The minimum Gasteiger partial charge on any atom is -0.328 e. The van der Waals surface area contributed by atoms with Gasteiger partial charge in [-0.1, -0.05) is 33.6 Å². The average Bonchev–Trinajstić information content (AvgIpc) is 2.67. The van der Waals surface area contributed by atoms with Crippen molar-refractivity contribution in [2.75, 3.05) is 13.2 Å². The van der Waals surface area contributed by atoms with E-state index in [4.69, 9.17) is 0 Å². The molecule has 0 bridgehead atoms. The Hall–Kier alpha value is -0.570. The molecular formula is C13H24N2O. The highest BCUT2D eigenvalue weighted by Crippen LogP contribution is 2.51. The van der Waals surface area contributed by atoms with Gasteiger partial charge in [0.05, 0.1) is 12.7 Å². The monoisotopic (exact) mass is 224 g/mol. The van der Waals surface area contributed by atoms with Gasteiger partial charge in [0.15, 0.2) is 0 Å². The first-order valence-electron chi connectivity index (χ1n) is 6.57. The molecule has 2 atom stereocenters. The molecule has 0 aromatic carbocycles. The highest BCUT2D eigenvalue weighted by Gasteiger charge is 2.47. The van der Waals surface area contributed by atoms with Crippen LogP contribution >= 0.6 is 0 Å². The van der Waals surface area contributed by atoms with E-state index in [0.717, 1.165) is 32.0 Å². The summed E-state index contributed by atoms with van der Waals surface area (Å²) < 4.78 is 0. The zero-order valence-electron chi connectivity index (χ0n) is 10.8. The maximum atomic E-state index is 12.0. The van der Waals surface area contributed by atoms with Gasteiger partial charge in [0.2, 0.25) is 5.91 Å². The van der Waals surface area contributed by atoms with Crippen molar-refractivity contribution in [3.05, 3.63) is 0 Å². The molecule has 1 N–H and O–H groups in total. The van der Waals surface area contributed by atoms with E-state index in [0.29, 0.717) is 11.3 Å². The Kier molecular flexibility index (Phi) is 3.24. The molecule has 0 aromatic rings. The maximum absolute atomic E-state index is 12.0. The second-order valence-corrected chi connectivity index (χ2v) is 6.01. The van der Waals surface area contributed by atoms with Gasteiger partial charge >= 0.3 is 0 Å². The van der Waals surface area contributed by atoms with Crippen LogP contribution in [0.1, 0.15) is 46.5 Å². The predicted molar refractivity (Wildman–Crippen MR) is 64.9 cm³/mol. The highest BCUT2D eigenvalue weighted by atomic mass is 16.2. The third-order valence-electron chi connectivity index (χ3n) is 4.14. The molecule has 3 heteroatoms. The van der Waals surface area contributed by atoms with Crippen LogP contribution in [0.3, 0.4) is 0 Å². The number of nitrogens with zero attached hydrogens (tertiary/aromatic N) is 1. The number of hydrogen-bond donors (Lipinski definition) is 1. The largest absolute Gasteiger partial charge is 0.328 e. The van der Waals surface area contributed by atoms with Crippen LogP contribution < -0.4 is 5.32 Å². The fourth-order valence-electron chi connectivity index (χ4n) is 2.55. The van der Waals surface area contributed by atoms with Crippen molar-refractivity contribution in [2.24, 2.45) is 11.3 Å². The summed E-state index contributed by atoms with van der Waals surface area (Å²) in [6.07, 6.45) is 4.59. The summed E-state index contributed by atoms with van der Waals surface area (Å²) in [7, 11) is 0. The zero-order chi connectivity index (χ0) is 11.8. The van der Waals surface area contributed by atoms with Gasteiger partial charge in [-0.3, -0.25) is 10.1 Å². The third kappa shape index (κ3) is 2.40. The van der Waals surface area contributed by atoms with Gasteiger partial charge in [0.1, 0.15) is 0 Å². The van der Waals surface area contributed by atoms with E-state index in [1.54, 1.807) is 0 Å². The molecule has 92 valence electrons. The van der Waals surface area contributed by atoms with Gasteiger partial charge in [-0.15, -0.1) is 0 Å². The number of nitrogens with one attached hydrogen (secondary N) is 1. The van der Waals surface area contributed by atoms with Crippen LogP contribution in [0.4, 0.5) is 0 Å². The molecule has 16 heavy (non-hydrogen) atoms. The molecule has 0 aromatic heterocycles. The highest BCUT2D eigenvalue weighted by molar-refractivity contribution is 5.83. The van der Waals surface area contributed by atoms with Gasteiger partial charge in [-0.25, -0.2) is 0 Å². The SMILES string of the molecule is CCCCC1NCN(CC2CC2(C)C)C1=O. The fraction of sp³-hybridized carbons (Fsp3) is 0.923. The lowest BCUT2D eigenvalue weighted by molar-refractivity contribution is -0.129. The first-order chi connectivity index (χ1) is 7.54. The van der Waals surface area contributed by atoms with Crippen molar-refractivity contribution in [1.29, 1.82) is 0 Å². The summed E-state index contributed by atoms with van der Waals surface area (Å²) in [5.41, 5.74) is 0.474. The Balaban J connectivity index is 1.78. The Morgan fingerprint density at radius 3 is 2.75 bits per heavy atom. The normalized spacial score (nSPS) is 32.2. The maximum Gasteiger partial charge on any atom is 0.240 e. The molecule has 2 rings (SSSR count). The smallest absolute Gasteiger partial charge is 0.240 e. The van der Waals surface area contributed by atoms with E-state index >= 15 is 0 Å². The van der Waals surface area contributed by atoms with E-state index in [2.05, 4.69) is 26.1 Å². The van der Waals surface area contributed by atoms with Crippen molar-refractivity contribution in [2.45, 2.75) is 52.5 Å². The summed E-state index contributed by atoms with van der Waals surface area (Å²) in [6.45, 7) is 8.48. The number of carbonyl (C=O) groups is 1. The molecule has 1 heterocycles. The lowest BCUT2D eigenvalue weighted by Crippen LogP contribution is -2.32. The Bertz CT molecular complexity index is 275.